The molecule has 1 aromatic carbocycles. The molecule has 5 nitrogen and oxygen atoms in total. The molecule has 0 fully saturated rings. The van der Waals surface area contributed by atoms with Gasteiger partial charge in [0.25, 0.3) is 5.91 Å². The van der Waals surface area contributed by atoms with Crippen LogP contribution in [0.2, 0.25) is 0 Å². The Labute approximate surface area is 110 Å². The maximum Gasteiger partial charge on any atom is 0.326 e. The standard InChI is InChI=1S/C13H17FN2O3/c1-13(2,3)10(12(18)19)16-11(17)8-6-7(14)4-5-9(8)15/h4-6,10H,15H2,1-3H3,(H,16,17)(H,18,19)/t10-/m0/s1. The van der Waals surface area contributed by atoms with Crippen LogP contribution in [-0.4, -0.2) is 23.0 Å². The molecule has 104 valence electrons. The average Bonchev–Trinajstić information content (AvgIpc) is 2.26. The Morgan fingerprint density at radius 3 is 2.42 bits per heavy atom. The van der Waals surface area contributed by atoms with Gasteiger partial charge in [-0.15, -0.1) is 0 Å². The number of halogens is 1. The average molecular weight is 268 g/mol. The number of aliphatic carboxylic acids is 1. The second-order valence-electron chi connectivity index (χ2n) is 5.34. The van der Waals surface area contributed by atoms with Crippen LogP contribution in [0, 0.1) is 11.2 Å². The molecule has 1 aromatic rings. The van der Waals surface area contributed by atoms with E-state index in [9.17, 15) is 14.0 Å². The van der Waals surface area contributed by atoms with E-state index in [-0.39, 0.29) is 11.3 Å². The van der Waals surface area contributed by atoms with Crippen LogP contribution in [0.4, 0.5) is 10.1 Å². The molecule has 0 aliphatic heterocycles. The zero-order chi connectivity index (χ0) is 14.8. The number of carboxylic acid groups (broad SMARTS) is 1. The fourth-order valence-electron chi connectivity index (χ4n) is 1.58. The van der Waals surface area contributed by atoms with Gasteiger partial charge in [-0.3, -0.25) is 4.79 Å². The van der Waals surface area contributed by atoms with Crippen LogP contribution in [0.15, 0.2) is 18.2 Å². The molecule has 1 amide bonds. The van der Waals surface area contributed by atoms with Gasteiger partial charge in [0.15, 0.2) is 0 Å². The minimum Gasteiger partial charge on any atom is -0.480 e. The second-order valence-corrected chi connectivity index (χ2v) is 5.34. The smallest absolute Gasteiger partial charge is 0.326 e. The lowest BCUT2D eigenvalue weighted by Gasteiger charge is -2.27. The largest absolute Gasteiger partial charge is 0.480 e. The van der Waals surface area contributed by atoms with Crippen molar-refractivity contribution in [2.45, 2.75) is 26.8 Å². The highest BCUT2D eigenvalue weighted by atomic mass is 19.1. The van der Waals surface area contributed by atoms with Crippen LogP contribution < -0.4 is 11.1 Å². The second kappa shape index (κ2) is 5.26. The lowest BCUT2D eigenvalue weighted by Crippen LogP contribution is -2.49. The lowest BCUT2D eigenvalue weighted by atomic mass is 9.86. The summed E-state index contributed by atoms with van der Waals surface area (Å²) in [5.41, 5.74) is 4.92. The quantitative estimate of drug-likeness (QED) is 0.726. The molecule has 0 radical (unpaired) electrons. The maximum atomic E-state index is 13.1. The van der Waals surface area contributed by atoms with Crippen LogP contribution in [-0.2, 0) is 4.79 Å². The minimum atomic E-state index is -1.16. The van der Waals surface area contributed by atoms with E-state index in [2.05, 4.69) is 5.32 Å². The fourth-order valence-corrected chi connectivity index (χ4v) is 1.58. The Hall–Kier alpha value is -2.11. The summed E-state index contributed by atoms with van der Waals surface area (Å²) in [5.74, 6) is -2.47. The summed E-state index contributed by atoms with van der Waals surface area (Å²) in [6.45, 7) is 5.04. The van der Waals surface area contributed by atoms with Crippen LogP contribution in [0.1, 0.15) is 31.1 Å². The van der Waals surface area contributed by atoms with E-state index in [1.807, 2.05) is 0 Å². The molecule has 0 bridgehead atoms. The van der Waals surface area contributed by atoms with Gasteiger partial charge in [0.05, 0.1) is 5.56 Å². The number of nitrogens with two attached hydrogens (primary N) is 1. The van der Waals surface area contributed by atoms with Crippen LogP contribution in [0.5, 0.6) is 0 Å². The molecule has 0 saturated heterocycles. The number of hydrogen-bond donors (Lipinski definition) is 3. The Kier molecular flexibility index (Phi) is 4.14. The highest BCUT2D eigenvalue weighted by Crippen LogP contribution is 2.21. The van der Waals surface area contributed by atoms with Crippen molar-refractivity contribution < 1.29 is 19.1 Å². The third-order valence-electron chi connectivity index (χ3n) is 2.65. The van der Waals surface area contributed by atoms with Gasteiger partial charge in [-0.2, -0.15) is 0 Å². The molecule has 0 saturated carbocycles. The number of carbonyl (C=O) groups is 2. The number of carbonyl (C=O) groups excluding carboxylic acids is 1. The zero-order valence-corrected chi connectivity index (χ0v) is 11.0. The molecule has 0 unspecified atom stereocenters. The summed E-state index contributed by atoms with van der Waals surface area (Å²) >= 11 is 0. The Bertz CT molecular complexity index is 509. The predicted octanol–water partition coefficient (Wildman–Crippen LogP) is 1.64. The van der Waals surface area contributed by atoms with Crippen molar-refractivity contribution in [1.29, 1.82) is 0 Å². The minimum absolute atomic E-state index is 0.0736. The van der Waals surface area contributed by atoms with E-state index in [1.54, 1.807) is 20.8 Å². The van der Waals surface area contributed by atoms with Gasteiger partial charge in [0.2, 0.25) is 0 Å². The Balaban J connectivity index is 3.01. The number of carboxylic acids is 1. The van der Waals surface area contributed by atoms with Gasteiger partial charge in [0.1, 0.15) is 11.9 Å². The van der Waals surface area contributed by atoms with Gasteiger partial charge >= 0.3 is 5.97 Å². The normalized spacial score (nSPS) is 12.8. The number of anilines is 1. The Morgan fingerprint density at radius 2 is 1.95 bits per heavy atom. The number of nitrogens with one attached hydrogen (secondary N) is 1. The van der Waals surface area contributed by atoms with E-state index >= 15 is 0 Å². The molecule has 0 aliphatic rings. The number of hydrogen-bond acceptors (Lipinski definition) is 3. The van der Waals surface area contributed by atoms with Gasteiger partial charge in [0, 0.05) is 5.69 Å². The van der Waals surface area contributed by atoms with Crippen LogP contribution >= 0.6 is 0 Å². The van der Waals surface area contributed by atoms with Gasteiger partial charge in [-0.25, -0.2) is 9.18 Å². The maximum absolute atomic E-state index is 13.1. The van der Waals surface area contributed by atoms with Crippen molar-refractivity contribution in [3.63, 3.8) is 0 Å². The SMILES string of the molecule is CC(C)(C)[C@@H](NC(=O)c1cc(F)ccc1N)C(=O)O. The molecule has 4 N–H and O–H groups in total. The van der Waals surface area contributed by atoms with Gasteiger partial charge in [-0.1, -0.05) is 20.8 Å². The van der Waals surface area contributed by atoms with Crippen molar-refractivity contribution >= 4 is 17.6 Å². The van der Waals surface area contributed by atoms with Gasteiger partial charge < -0.3 is 16.2 Å². The number of nitrogen functional groups attached to an aromatic ring is 1. The summed E-state index contributed by atoms with van der Waals surface area (Å²) in [5, 5.41) is 11.5. The first-order chi connectivity index (χ1) is 8.62. The Morgan fingerprint density at radius 1 is 1.37 bits per heavy atom. The first kappa shape index (κ1) is 14.9. The van der Waals surface area contributed by atoms with Crippen LogP contribution in [0.3, 0.4) is 0 Å². The molecule has 19 heavy (non-hydrogen) atoms. The summed E-state index contributed by atoms with van der Waals surface area (Å²) in [6, 6.07) is 2.27. The molecule has 0 spiro atoms. The number of amides is 1. The molecular formula is C13H17FN2O3. The van der Waals surface area contributed by atoms with Crippen molar-refractivity contribution in [2.75, 3.05) is 5.73 Å². The first-order valence-electron chi connectivity index (χ1n) is 5.71. The summed E-state index contributed by atoms with van der Waals surface area (Å²) in [6.07, 6.45) is 0. The molecule has 6 heteroatoms. The molecule has 0 heterocycles. The third-order valence-corrected chi connectivity index (χ3v) is 2.65. The topological polar surface area (TPSA) is 92.4 Å². The molecule has 0 aliphatic carbocycles. The highest BCUT2D eigenvalue weighted by Gasteiger charge is 2.33. The van der Waals surface area contributed by atoms with E-state index in [0.29, 0.717) is 0 Å². The van der Waals surface area contributed by atoms with E-state index in [4.69, 9.17) is 10.8 Å². The van der Waals surface area contributed by atoms with E-state index < -0.39 is 29.2 Å². The van der Waals surface area contributed by atoms with Crippen molar-refractivity contribution in [2.24, 2.45) is 5.41 Å². The first-order valence-corrected chi connectivity index (χ1v) is 5.71. The third kappa shape index (κ3) is 3.67. The molecule has 1 rings (SSSR count). The predicted molar refractivity (Wildman–Crippen MR) is 69.2 cm³/mol. The molecule has 0 aromatic heterocycles. The summed E-state index contributed by atoms with van der Waals surface area (Å²) in [4.78, 5) is 23.1. The lowest BCUT2D eigenvalue weighted by molar-refractivity contribution is -0.142. The fraction of sp³-hybridized carbons (Fsp3) is 0.385. The van der Waals surface area contributed by atoms with E-state index in [0.717, 1.165) is 12.1 Å². The van der Waals surface area contributed by atoms with Crippen molar-refractivity contribution in [3.05, 3.63) is 29.6 Å². The van der Waals surface area contributed by atoms with Gasteiger partial charge in [-0.05, 0) is 23.6 Å². The van der Waals surface area contributed by atoms with E-state index in [1.165, 1.54) is 6.07 Å². The monoisotopic (exact) mass is 268 g/mol. The van der Waals surface area contributed by atoms with Crippen molar-refractivity contribution in [3.8, 4) is 0 Å². The summed E-state index contributed by atoms with van der Waals surface area (Å²) < 4.78 is 13.1. The number of benzene rings is 1. The summed E-state index contributed by atoms with van der Waals surface area (Å²) in [7, 11) is 0. The van der Waals surface area contributed by atoms with Crippen LogP contribution in [0.25, 0.3) is 0 Å². The molecule has 1 atom stereocenters. The van der Waals surface area contributed by atoms with Crippen molar-refractivity contribution in [1.82, 2.24) is 5.32 Å². The molecular weight excluding hydrogens is 251 g/mol. The zero-order valence-electron chi connectivity index (χ0n) is 11.0. The number of rotatable bonds is 3. The highest BCUT2D eigenvalue weighted by molar-refractivity contribution is 6.00.